The molecule has 0 fully saturated rings. The Bertz CT molecular complexity index is 1290. The number of ether oxygens (including phenoxy) is 3. The first-order valence-corrected chi connectivity index (χ1v) is 10.7. The van der Waals surface area contributed by atoms with Gasteiger partial charge in [-0.05, 0) is 60.5 Å². The van der Waals surface area contributed by atoms with Crippen LogP contribution in [0.4, 0.5) is 5.69 Å². The molecule has 1 aliphatic heterocycles. The summed E-state index contributed by atoms with van der Waals surface area (Å²) in [6, 6.07) is 18.5. The molecule has 0 aromatic heterocycles. The molecule has 0 bridgehead atoms. The molecule has 9 heteroatoms. The van der Waals surface area contributed by atoms with E-state index in [0.29, 0.717) is 29.2 Å². The number of halogens is 1. The molecule has 1 aliphatic rings. The maximum absolute atomic E-state index is 12.3. The molecular weight excluding hydrogens is 460 g/mol. The third kappa shape index (κ3) is 5.24. The molecule has 0 aliphatic carbocycles. The smallest absolute Gasteiger partial charge is 0.363 e. The number of carbonyl (C=O) groups is 1. The summed E-state index contributed by atoms with van der Waals surface area (Å²) < 4.78 is 16.8. The van der Waals surface area contributed by atoms with Crippen LogP contribution in [-0.4, -0.2) is 23.4 Å². The first-order chi connectivity index (χ1) is 16.4. The average molecular weight is 479 g/mol. The Morgan fingerprint density at radius 1 is 1.09 bits per heavy atom. The van der Waals surface area contributed by atoms with Crippen molar-refractivity contribution in [2.24, 2.45) is 4.99 Å². The minimum absolute atomic E-state index is 0.00213. The fraction of sp³-hybridized carbons (Fsp3) is 0.120. The third-order valence-electron chi connectivity index (χ3n) is 4.81. The number of carbonyl (C=O) groups excluding carboxylic acids is 1. The Morgan fingerprint density at radius 2 is 1.82 bits per heavy atom. The maximum atomic E-state index is 12.3. The first-order valence-electron chi connectivity index (χ1n) is 10.3. The summed E-state index contributed by atoms with van der Waals surface area (Å²) in [5.41, 5.74) is 2.14. The fourth-order valence-corrected chi connectivity index (χ4v) is 3.49. The molecule has 0 unspecified atom stereocenters. The van der Waals surface area contributed by atoms with E-state index in [9.17, 15) is 14.9 Å². The number of non-ortho nitro benzene ring substituents is 1. The quantitative estimate of drug-likeness (QED) is 0.181. The van der Waals surface area contributed by atoms with Gasteiger partial charge in [0.05, 0.1) is 16.6 Å². The van der Waals surface area contributed by atoms with Crippen LogP contribution in [0.5, 0.6) is 11.5 Å². The summed E-state index contributed by atoms with van der Waals surface area (Å²) in [6.07, 6.45) is 1.56. The zero-order valence-electron chi connectivity index (χ0n) is 18.1. The molecule has 0 radical (unpaired) electrons. The van der Waals surface area contributed by atoms with Gasteiger partial charge in [-0.2, -0.15) is 0 Å². The number of aliphatic imine (C=N–C) groups is 1. The summed E-state index contributed by atoms with van der Waals surface area (Å²) >= 11 is 6.47. The molecule has 34 heavy (non-hydrogen) atoms. The molecule has 0 saturated carbocycles. The zero-order chi connectivity index (χ0) is 24.1. The Labute approximate surface area is 200 Å². The van der Waals surface area contributed by atoms with E-state index >= 15 is 0 Å². The van der Waals surface area contributed by atoms with Crippen LogP contribution in [0.25, 0.3) is 6.08 Å². The SMILES string of the molecule is CCOc1cc(C=C2N=C(c3ccccc3)OC2=O)cc(Cl)c1OCc1ccc([N+](=O)[O-])cc1. The second-order valence-electron chi connectivity index (χ2n) is 7.18. The first kappa shape index (κ1) is 23.0. The highest BCUT2D eigenvalue weighted by molar-refractivity contribution is 6.32. The van der Waals surface area contributed by atoms with Crippen molar-refractivity contribution >= 4 is 35.2 Å². The number of hydrogen-bond acceptors (Lipinski definition) is 7. The van der Waals surface area contributed by atoms with Crippen LogP contribution in [0, 0.1) is 10.1 Å². The maximum Gasteiger partial charge on any atom is 0.363 e. The van der Waals surface area contributed by atoms with E-state index in [1.807, 2.05) is 25.1 Å². The van der Waals surface area contributed by atoms with Gasteiger partial charge >= 0.3 is 5.97 Å². The molecule has 0 atom stereocenters. The molecule has 8 nitrogen and oxygen atoms in total. The summed E-state index contributed by atoms with van der Waals surface area (Å²) in [5, 5.41) is 11.1. The van der Waals surface area contributed by atoms with Crippen molar-refractivity contribution in [2.75, 3.05) is 6.61 Å². The Kier molecular flexibility index (Phi) is 6.89. The lowest BCUT2D eigenvalue weighted by molar-refractivity contribution is -0.384. The molecule has 1 heterocycles. The minimum Gasteiger partial charge on any atom is -0.490 e. The van der Waals surface area contributed by atoms with E-state index in [4.69, 9.17) is 25.8 Å². The molecule has 0 N–H and O–H groups in total. The highest BCUT2D eigenvalue weighted by Gasteiger charge is 2.24. The number of cyclic esters (lactones) is 1. The van der Waals surface area contributed by atoms with Gasteiger partial charge in [0.1, 0.15) is 6.61 Å². The van der Waals surface area contributed by atoms with E-state index in [-0.39, 0.29) is 28.9 Å². The van der Waals surface area contributed by atoms with Crippen molar-refractivity contribution in [1.82, 2.24) is 0 Å². The molecule has 4 rings (SSSR count). The van der Waals surface area contributed by atoms with Gasteiger partial charge < -0.3 is 14.2 Å². The van der Waals surface area contributed by atoms with Gasteiger partial charge in [0.25, 0.3) is 5.69 Å². The number of nitro benzene ring substituents is 1. The predicted octanol–water partition coefficient (Wildman–Crippen LogP) is 5.57. The van der Waals surface area contributed by atoms with E-state index in [2.05, 4.69) is 4.99 Å². The van der Waals surface area contributed by atoms with Crippen molar-refractivity contribution in [3.8, 4) is 11.5 Å². The Morgan fingerprint density at radius 3 is 2.50 bits per heavy atom. The van der Waals surface area contributed by atoms with Gasteiger partial charge in [0.15, 0.2) is 17.2 Å². The number of nitro groups is 1. The zero-order valence-corrected chi connectivity index (χ0v) is 18.8. The van der Waals surface area contributed by atoms with Crippen LogP contribution in [0.3, 0.4) is 0 Å². The highest BCUT2D eigenvalue weighted by atomic mass is 35.5. The van der Waals surface area contributed by atoms with Crippen LogP contribution >= 0.6 is 11.6 Å². The van der Waals surface area contributed by atoms with E-state index in [1.165, 1.54) is 12.1 Å². The summed E-state index contributed by atoms with van der Waals surface area (Å²) in [5.74, 6) is 0.386. The molecule has 0 amide bonds. The summed E-state index contributed by atoms with van der Waals surface area (Å²) in [4.78, 5) is 27.0. The van der Waals surface area contributed by atoms with Crippen molar-refractivity contribution in [1.29, 1.82) is 0 Å². The lowest BCUT2D eigenvalue weighted by Gasteiger charge is -2.14. The minimum atomic E-state index is -0.563. The van der Waals surface area contributed by atoms with E-state index in [0.717, 1.165) is 5.56 Å². The number of esters is 1. The number of benzene rings is 3. The van der Waals surface area contributed by atoms with Crippen molar-refractivity contribution in [3.63, 3.8) is 0 Å². The number of nitrogens with zero attached hydrogens (tertiary/aromatic N) is 2. The predicted molar refractivity (Wildman–Crippen MR) is 127 cm³/mol. The van der Waals surface area contributed by atoms with Crippen molar-refractivity contribution < 1.29 is 23.9 Å². The van der Waals surface area contributed by atoms with Gasteiger partial charge in [0, 0.05) is 17.7 Å². The second-order valence-corrected chi connectivity index (χ2v) is 7.58. The normalized spacial score (nSPS) is 14.0. The van der Waals surface area contributed by atoms with Gasteiger partial charge in [-0.15, -0.1) is 0 Å². The highest BCUT2D eigenvalue weighted by Crippen LogP contribution is 2.38. The van der Waals surface area contributed by atoms with Crippen molar-refractivity contribution in [2.45, 2.75) is 13.5 Å². The van der Waals surface area contributed by atoms with Crippen LogP contribution in [0.1, 0.15) is 23.6 Å². The number of rotatable bonds is 8. The molecular formula is C25H19ClN2O6. The van der Waals surface area contributed by atoms with Gasteiger partial charge in [-0.1, -0.05) is 29.8 Å². The third-order valence-corrected chi connectivity index (χ3v) is 5.09. The largest absolute Gasteiger partial charge is 0.490 e. The lowest BCUT2D eigenvalue weighted by Crippen LogP contribution is -2.05. The summed E-state index contributed by atoms with van der Waals surface area (Å²) in [6.45, 7) is 2.32. The molecule has 3 aromatic rings. The lowest BCUT2D eigenvalue weighted by atomic mass is 10.1. The van der Waals surface area contributed by atoms with Crippen molar-refractivity contribution in [3.05, 3.63) is 104 Å². The van der Waals surface area contributed by atoms with Crippen LogP contribution in [0.2, 0.25) is 5.02 Å². The monoisotopic (exact) mass is 478 g/mol. The van der Waals surface area contributed by atoms with Gasteiger partial charge in [-0.3, -0.25) is 10.1 Å². The summed E-state index contributed by atoms with van der Waals surface area (Å²) in [7, 11) is 0. The second kappa shape index (κ2) is 10.2. The van der Waals surface area contributed by atoms with Crippen LogP contribution < -0.4 is 9.47 Å². The van der Waals surface area contributed by atoms with Gasteiger partial charge in [-0.25, -0.2) is 9.79 Å². The van der Waals surface area contributed by atoms with E-state index < -0.39 is 10.9 Å². The molecule has 3 aromatic carbocycles. The average Bonchev–Trinajstić information content (AvgIpc) is 3.19. The van der Waals surface area contributed by atoms with Gasteiger partial charge in [0.2, 0.25) is 5.90 Å². The molecule has 172 valence electrons. The fourth-order valence-electron chi connectivity index (χ4n) is 3.21. The molecule has 0 saturated heterocycles. The topological polar surface area (TPSA) is 100 Å². The standard InChI is InChI=1S/C25H19ClN2O6/c1-2-32-22-14-17(13-21-25(29)34-24(27-21)18-6-4-3-5-7-18)12-20(26)23(22)33-15-16-8-10-19(11-9-16)28(30)31/h3-14H,2,15H2,1H3. The van der Waals surface area contributed by atoms with Crippen LogP contribution in [-0.2, 0) is 16.1 Å². The van der Waals surface area contributed by atoms with Crippen LogP contribution in [0.15, 0.2) is 77.4 Å². The van der Waals surface area contributed by atoms with E-state index in [1.54, 1.807) is 42.5 Å². The Hall–Kier alpha value is -4.17. The Balaban J connectivity index is 1.57. The number of hydrogen-bond donors (Lipinski definition) is 0. The molecule has 0 spiro atoms.